The van der Waals surface area contributed by atoms with Gasteiger partial charge in [0.2, 0.25) is 0 Å². The zero-order valence-corrected chi connectivity index (χ0v) is 9.91. The molecule has 0 aliphatic rings. The van der Waals surface area contributed by atoms with Crippen LogP contribution in [0.15, 0.2) is 18.3 Å². The number of nitrogens with zero attached hydrogens (tertiary/aromatic N) is 2. The molecule has 1 N–H and O–H groups in total. The van der Waals surface area contributed by atoms with Gasteiger partial charge in [-0.05, 0) is 32.4 Å². The zero-order chi connectivity index (χ0) is 11.3. The molecule has 0 saturated carbocycles. The summed E-state index contributed by atoms with van der Waals surface area (Å²) in [4.78, 5) is 6.36. The van der Waals surface area contributed by atoms with Gasteiger partial charge in [0, 0.05) is 25.4 Å². The predicted octanol–water partition coefficient (Wildman–Crippen LogP) is 2.33. The fraction of sp³-hybridized carbons (Fsp3) is 0.545. The molecule has 0 unspecified atom stereocenters. The minimum Gasteiger partial charge on any atom is -0.396 e. The van der Waals surface area contributed by atoms with E-state index in [9.17, 15) is 0 Å². The van der Waals surface area contributed by atoms with E-state index in [1.165, 1.54) is 0 Å². The van der Waals surface area contributed by atoms with Gasteiger partial charge in [0.05, 0.1) is 5.02 Å². The number of aromatic nitrogens is 1. The Hall–Kier alpha value is -0.800. The smallest absolute Gasteiger partial charge is 0.147 e. The molecule has 0 bridgehead atoms. The van der Waals surface area contributed by atoms with Gasteiger partial charge in [-0.25, -0.2) is 4.98 Å². The van der Waals surface area contributed by atoms with E-state index in [1.54, 1.807) is 6.20 Å². The molecule has 0 radical (unpaired) electrons. The maximum Gasteiger partial charge on any atom is 0.147 e. The Kier molecular flexibility index (Phi) is 4.85. The van der Waals surface area contributed by atoms with Crippen LogP contribution >= 0.6 is 11.6 Å². The second-order valence-electron chi connectivity index (χ2n) is 3.67. The minimum absolute atomic E-state index is 0.188. The third kappa shape index (κ3) is 3.36. The second-order valence-corrected chi connectivity index (χ2v) is 4.08. The number of rotatable bonds is 5. The van der Waals surface area contributed by atoms with Crippen LogP contribution in [-0.2, 0) is 0 Å². The lowest BCUT2D eigenvalue weighted by molar-refractivity contribution is 0.288. The van der Waals surface area contributed by atoms with E-state index in [0.29, 0.717) is 11.1 Å². The summed E-state index contributed by atoms with van der Waals surface area (Å²) in [5.41, 5.74) is 0. The molecule has 0 amide bonds. The molecule has 84 valence electrons. The van der Waals surface area contributed by atoms with Gasteiger partial charge < -0.3 is 10.0 Å². The maximum absolute atomic E-state index is 8.83. The topological polar surface area (TPSA) is 36.4 Å². The second kappa shape index (κ2) is 5.93. The van der Waals surface area contributed by atoms with Crippen LogP contribution in [0.5, 0.6) is 0 Å². The van der Waals surface area contributed by atoms with E-state index in [4.69, 9.17) is 16.7 Å². The normalized spacial score (nSPS) is 10.7. The van der Waals surface area contributed by atoms with Crippen molar-refractivity contribution in [2.75, 3.05) is 18.1 Å². The highest BCUT2D eigenvalue weighted by molar-refractivity contribution is 6.32. The molecule has 0 atom stereocenters. The molecule has 4 heteroatoms. The number of anilines is 1. The fourth-order valence-electron chi connectivity index (χ4n) is 1.44. The van der Waals surface area contributed by atoms with Crippen molar-refractivity contribution in [1.82, 2.24) is 4.98 Å². The molecule has 3 nitrogen and oxygen atoms in total. The predicted molar refractivity (Wildman–Crippen MR) is 63.4 cm³/mol. The summed E-state index contributed by atoms with van der Waals surface area (Å²) < 4.78 is 0. The monoisotopic (exact) mass is 228 g/mol. The molecular weight excluding hydrogens is 212 g/mol. The third-order valence-corrected chi connectivity index (χ3v) is 2.49. The first-order valence-electron chi connectivity index (χ1n) is 5.15. The van der Waals surface area contributed by atoms with E-state index in [1.807, 2.05) is 12.1 Å². The molecule has 0 aliphatic carbocycles. The number of halogens is 1. The Morgan fingerprint density at radius 2 is 2.27 bits per heavy atom. The van der Waals surface area contributed by atoms with E-state index >= 15 is 0 Å². The summed E-state index contributed by atoms with van der Waals surface area (Å²) in [6, 6.07) is 3.97. The van der Waals surface area contributed by atoms with Crippen molar-refractivity contribution in [3.8, 4) is 0 Å². The quantitative estimate of drug-likeness (QED) is 0.841. The van der Waals surface area contributed by atoms with Crippen molar-refractivity contribution in [1.29, 1.82) is 0 Å². The lowest BCUT2D eigenvalue weighted by Crippen LogP contribution is -2.33. The molecule has 0 spiro atoms. The maximum atomic E-state index is 8.83. The third-order valence-electron chi connectivity index (χ3n) is 2.19. The van der Waals surface area contributed by atoms with Gasteiger partial charge in [-0.15, -0.1) is 0 Å². The SMILES string of the molecule is CC(C)N(CCCO)c1ncccc1Cl. The largest absolute Gasteiger partial charge is 0.396 e. The number of hydrogen-bond acceptors (Lipinski definition) is 3. The van der Waals surface area contributed by atoms with Gasteiger partial charge in [0.25, 0.3) is 0 Å². The molecule has 0 aromatic carbocycles. The summed E-state index contributed by atoms with van der Waals surface area (Å²) >= 11 is 6.08. The van der Waals surface area contributed by atoms with E-state index < -0.39 is 0 Å². The lowest BCUT2D eigenvalue weighted by Gasteiger charge is -2.28. The summed E-state index contributed by atoms with van der Waals surface area (Å²) in [6.45, 7) is 5.13. The van der Waals surface area contributed by atoms with Crippen LogP contribution in [0.3, 0.4) is 0 Å². The standard InChI is InChI=1S/C11H17ClN2O/c1-9(2)14(7-4-8-15)11-10(12)5-3-6-13-11/h3,5-6,9,15H,4,7-8H2,1-2H3. The van der Waals surface area contributed by atoms with E-state index in [0.717, 1.165) is 18.8 Å². The Bertz CT molecular complexity index is 304. The van der Waals surface area contributed by atoms with Crippen molar-refractivity contribution in [2.45, 2.75) is 26.3 Å². The molecule has 1 heterocycles. The molecule has 0 fully saturated rings. The first-order chi connectivity index (χ1) is 7.16. The molecule has 15 heavy (non-hydrogen) atoms. The average Bonchev–Trinajstić information content (AvgIpc) is 2.20. The molecule has 1 aromatic rings. The van der Waals surface area contributed by atoms with E-state index in [-0.39, 0.29) is 6.61 Å². The van der Waals surface area contributed by atoms with Crippen molar-refractivity contribution in [3.05, 3.63) is 23.4 Å². The van der Waals surface area contributed by atoms with Crippen molar-refractivity contribution < 1.29 is 5.11 Å². The van der Waals surface area contributed by atoms with Crippen LogP contribution in [0.2, 0.25) is 5.02 Å². The molecule has 1 aromatic heterocycles. The van der Waals surface area contributed by atoms with Crippen LogP contribution in [-0.4, -0.2) is 29.3 Å². The zero-order valence-electron chi connectivity index (χ0n) is 9.15. The van der Waals surface area contributed by atoms with Crippen LogP contribution in [0.1, 0.15) is 20.3 Å². The van der Waals surface area contributed by atoms with Gasteiger partial charge in [0.15, 0.2) is 0 Å². The van der Waals surface area contributed by atoms with Gasteiger partial charge in [-0.2, -0.15) is 0 Å². The lowest BCUT2D eigenvalue weighted by atomic mass is 10.2. The molecule has 0 saturated heterocycles. The first kappa shape index (κ1) is 12.3. The summed E-state index contributed by atoms with van der Waals surface area (Å²) in [5.74, 6) is 0.794. The van der Waals surface area contributed by atoms with Crippen molar-refractivity contribution >= 4 is 17.4 Å². The van der Waals surface area contributed by atoms with Crippen LogP contribution in [0.25, 0.3) is 0 Å². The van der Waals surface area contributed by atoms with Gasteiger partial charge >= 0.3 is 0 Å². The van der Waals surface area contributed by atoms with Crippen molar-refractivity contribution in [3.63, 3.8) is 0 Å². The van der Waals surface area contributed by atoms with E-state index in [2.05, 4.69) is 23.7 Å². The molecule has 1 rings (SSSR count). The highest BCUT2D eigenvalue weighted by atomic mass is 35.5. The van der Waals surface area contributed by atoms with Crippen LogP contribution in [0.4, 0.5) is 5.82 Å². The number of pyridine rings is 1. The van der Waals surface area contributed by atoms with Crippen LogP contribution in [0, 0.1) is 0 Å². The Morgan fingerprint density at radius 1 is 1.53 bits per heavy atom. The van der Waals surface area contributed by atoms with Gasteiger partial charge in [-0.1, -0.05) is 11.6 Å². The van der Waals surface area contributed by atoms with Crippen molar-refractivity contribution in [2.24, 2.45) is 0 Å². The highest BCUT2D eigenvalue weighted by Gasteiger charge is 2.13. The van der Waals surface area contributed by atoms with Gasteiger partial charge in [0.1, 0.15) is 5.82 Å². The number of aliphatic hydroxyl groups excluding tert-OH is 1. The average molecular weight is 229 g/mol. The summed E-state index contributed by atoms with van der Waals surface area (Å²) in [6.07, 6.45) is 2.46. The Labute approximate surface area is 95.7 Å². The molecular formula is C11H17ClN2O. The summed E-state index contributed by atoms with van der Waals surface area (Å²) in [5, 5.41) is 9.49. The molecule has 0 aliphatic heterocycles. The van der Waals surface area contributed by atoms with Gasteiger partial charge in [-0.3, -0.25) is 0 Å². The Morgan fingerprint density at radius 3 is 2.80 bits per heavy atom. The number of hydrogen-bond donors (Lipinski definition) is 1. The fourth-order valence-corrected chi connectivity index (χ4v) is 1.67. The highest BCUT2D eigenvalue weighted by Crippen LogP contribution is 2.24. The number of aliphatic hydroxyl groups is 1. The van der Waals surface area contributed by atoms with Crippen LogP contribution < -0.4 is 4.90 Å². The Balaban J connectivity index is 2.84. The summed E-state index contributed by atoms with van der Waals surface area (Å²) in [7, 11) is 0. The minimum atomic E-state index is 0.188. The first-order valence-corrected chi connectivity index (χ1v) is 5.52.